The highest BCUT2D eigenvalue weighted by molar-refractivity contribution is 5.99. The van der Waals surface area contributed by atoms with E-state index in [1.54, 1.807) is 13.8 Å². The first-order valence-electron chi connectivity index (χ1n) is 19.2. The Bertz CT molecular complexity index is 1470. The average Bonchev–Trinajstić information content (AvgIpc) is 3.91. The van der Waals surface area contributed by atoms with Crippen LogP contribution >= 0.6 is 0 Å². The molecule has 3 fully saturated rings. The van der Waals surface area contributed by atoms with Crippen molar-refractivity contribution in [3.63, 3.8) is 0 Å². The molecule has 19 heteroatoms. The van der Waals surface area contributed by atoms with E-state index >= 15 is 0 Å². The molecule has 0 radical (unpaired) electrons. The lowest BCUT2D eigenvalue weighted by atomic mass is 9.96. The number of nitrogens with zero attached hydrogens (tertiary/aromatic N) is 3. The number of carboxylic acids is 1. The van der Waals surface area contributed by atoms with Gasteiger partial charge in [-0.3, -0.25) is 38.4 Å². The molecule has 10 N–H and O–H groups in total. The van der Waals surface area contributed by atoms with Crippen LogP contribution < -0.4 is 33.2 Å². The Kier molecular flexibility index (Phi) is 16.4. The predicted octanol–water partition coefficient (Wildman–Crippen LogP) is -1.94. The molecule has 8 amide bonds. The fraction of sp³-hybridized carbons (Fsp3) is 0.750. The Morgan fingerprint density at radius 2 is 1.25 bits per heavy atom. The monoisotopic (exact) mass is 777 g/mol. The van der Waals surface area contributed by atoms with Crippen LogP contribution in [0.4, 0.5) is 0 Å². The van der Waals surface area contributed by atoms with E-state index in [1.807, 2.05) is 13.8 Å². The zero-order chi connectivity index (χ0) is 41.1. The molecule has 55 heavy (non-hydrogen) atoms. The summed E-state index contributed by atoms with van der Waals surface area (Å²) in [5.41, 5.74) is 16.9. The van der Waals surface area contributed by atoms with Crippen LogP contribution in [0.2, 0.25) is 0 Å². The highest BCUT2D eigenvalue weighted by Gasteiger charge is 2.45. The highest BCUT2D eigenvalue weighted by atomic mass is 16.4. The molecule has 0 unspecified atom stereocenters. The molecular formula is C36H59N9O10. The molecule has 0 saturated carbocycles. The molecule has 8 atom stereocenters. The molecule has 0 aromatic heterocycles. The first-order chi connectivity index (χ1) is 25.9. The maximum absolute atomic E-state index is 14.1. The van der Waals surface area contributed by atoms with Crippen molar-refractivity contribution in [1.29, 1.82) is 0 Å². The summed E-state index contributed by atoms with van der Waals surface area (Å²) < 4.78 is 0. The Morgan fingerprint density at radius 3 is 1.80 bits per heavy atom. The lowest BCUT2D eigenvalue weighted by molar-refractivity contribution is -0.152. The summed E-state index contributed by atoms with van der Waals surface area (Å²) in [5, 5.41) is 17.3. The third-order valence-corrected chi connectivity index (χ3v) is 10.7. The van der Waals surface area contributed by atoms with Crippen LogP contribution in [0, 0.1) is 11.8 Å². The standard InChI is InChI=1S/C36H59N9O10/c1-5-20(4)29(35(53)44-15-7-10-25(44)34(52)45-16-8-11-26(45)36(54)55)42-31(49)23(18-28(39)47)41-30(48)22(12-13-27(38)46)40-32(50)24-9-6-14-43(24)33(51)21(37)17-19(2)3/h19-26,29H,5-18,37H2,1-4H3,(H2,38,46)(H2,39,47)(H,40,50)(H,41,48)(H,42,49)(H,54,55)/t20-,21-,22-,23-,24-,25-,26-,29-/m0/s1. The zero-order valence-electron chi connectivity index (χ0n) is 32.3. The topological polar surface area (TPSA) is 298 Å². The Hall–Kier alpha value is -4.81. The molecule has 308 valence electrons. The van der Waals surface area contributed by atoms with Gasteiger partial charge in [-0.05, 0) is 63.2 Å². The third-order valence-electron chi connectivity index (χ3n) is 10.7. The van der Waals surface area contributed by atoms with Gasteiger partial charge in [-0.15, -0.1) is 0 Å². The Labute approximate surface area is 321 Å². The highest BCUT2D eigenvalue weighted by Crippen LogP contribution is 2.27. The summed E-state index contributed by atoms with van der Waals surface area (Å²) >= 11 is 0. The number of amides is 8. The molecule has 0 spiro atoms. The van der Waals surface area contributed by atoms with Crippen molar-refractivity contribution in [2.45, 2.75) is 141 Å². The van der Waals surface area contributed by atoms with E-state index < -0.39 is 108 Å². The molecule has 3 aliphatic heterocycles. The van der Waals surface area contributed by atoms with Crippen LogP contribution in [-0.2, 0) is 43.2 Å². The van der Waals surface area contributed by atoms with Crippen LogP contribution in [0.5, 0.6) is 0 Å². The second-order valence-electron chi connectivity index (χ2n) is 15.3. The molecule has 3 saturated heterocycles. The van der Waals surface area contributed by atoms with E-state index in [2.05, 4.69) is 16.0 Å². The first kappa shape index (κ1) is 44.6. The van der Waals surface area contributed by atoms with E-state index in [1.165, 1.54) is 14.7 Å². The van der Waals surface area contributed by atoms with Crippen molar-refractivity contribution >= 4 is 53.2 Å². The van der Waals surface area contributed by atoms with E-state index in [9.17, 15) is 48.3 Å². The molecule has 3 rings (SSSR count). The number of hydrogen-bond donors (Lipinski definition) is 7. The quantitative estimate of drug-likeness (QED) is 0.0757. The van der Waals surface area contributed by atoms with Gasteiger partial charge in [-0.1, -0.05) is 34.1 Å². The average molecular weight is 778 g/mol. The molecule has 0 bridgehead atoms. The minimum atomic E-state index is -1.62. The summed E-state index contributed by atoms with van der Waals surface area (Å²) in [6.07, 6.45) is 1.94. The summed E-state index contributed by atoms with van der Waals surface area (Å²) in [6, 6.07) is -7.93. The first-order valence-corrected chi connectivity index (χ1v) is 19.2. The molecule has 0 aliphatic carbocycles. The third kappa shape index (κ3) is 11.8. The minimum Gasteiger partial charge on any atom is -0.480 e. The number of likely N-dealkylation sites (tertiary alicyclic amines) is 3. The minimum absolute atomic E-state index is 0.134. The van der Waals surface area contributed by atoms with E-state index in [0.717, 1.165) is 0 Å². The second kappa shape index (κ2) is 20.2. The van der Waals surface area contributed by atoms with Crippen LogP contribution in [0.15, 0.2) is 0 Å². The van der Waals surface area contributed by atoms with Crippen molar-refractivity contribution in [2.24, 2.45) is 29.0 Å². The van der Waals surface area contributed by atoms with Crippen LogP contribution in [-0.4, -0.2) is 135 Å². The predicted molar refractivity (Wildman–Crippen MR) is 197 cm³/mol. The number of carbonyl (C=O) groups is 9. The fourth-order valence-corrected chi connectivity index (χ4v) is 7.51. The molecular weight excluding hydrogens is 718 g/mol. The van der Waals surface area contributed by atoms with E-state index in [4.69, 9.17) is 17.2 Å². The lowest BCUT2D eigenvalue weighted by Gasteiger charge is -2.34. The van der Waals surface area contributed by atoms with Gasteiger partial charge < -0.3 is 53.0 Å². The van der Waals surface area contributed by atoms with Crippen molar-refractivity contribution < 1.29 is 48.3 Å². The SMILES string of the molecule is CC[C@H](C)[C@H](NC(=O)[C@H](CC(N)=O)NC(=O)[C@H](CCC(N)=O)NC(=O)[C@@H]1CCCN1C(=O)[C@@H](N)CC(C)C)C(=O)N1CCC[C@H]1C(=O)N1CCC[C@H]1C(=O)O. The van der Waals surface area contributed by atoms with Gasteiger partial charge in [0, 0.05) is 26.1 Å². The largest absolute Gasteiger partial charge is 0.480 e. The van der Waals surface area contributed by atoms with Gasteiger partial charge in [-0.2, -0.15) is 0 Å². The number of rotatable bonds is 19. The van der Waals surface area contributed by atoms with Crippen molar-refractivity contribution in [1.82, 2.24) is 30.7 Å². The molecule has 3 aliphatic rings. The van der Waals surface area contributed by atoms with Gasteiger partial charge in [0.15, 0.2) is 0 Å². The Morgan fingerprint density at radius 1 is 0.709 bits per heavy atom. The van der Waals surface area contributed by atoms with Crippen LogP contribution in [0.25, 0.3) is 0 Å². The summed E-state index contributed by atoms with van der Waals surface area (Å²) in [7, 11) is 0. The second-order valence-corrected chi connectivity index (χ2v) is 15.3. The number of nitrogens with one attached hydrogen (secondary N) is 3. The number of aliphatic carboxylic acids is 1. The maximum Gasteiger partial charge on any atom is 0.326 e. The van der Waals surface area contributed by atoms with Gasteiger partial charge in [0.2, 0.25) is 47.3 Å². The van der Waals surface area contributed by atoms with Gasteiger partial charge in [0.1, 0.15) is 36.3 Å². The lowest BCUT2D eigenvalue weighted by Crippen LogP contribution is -2.61. The van der Waals surface area contributed by atoms with Gasteiger partial charge in [-0.25, -0.2) is 4.79 Å². The van der Waals surface area contributed by atoms with Gasteiger partial charge in [0.05, 0.1) is 12.5 Å². The van der Waals surface area contributed by atoms with E-state index in [-0.39, 0.29) is 38.4 Å². The molecule has 3 heterocycles. The summed E-state index contributed by atoms with van der Waals surface area (Å²) in [5.74, 6) is -7.23. The maximum atomic E-state index is 14.1. The molecule has 0 aromatic rings. The number of carboxylic acid groups (broad SMARTS) is 1. The normalized spacial score (nSPS) is 22.4. The number of hydrogen-bond acceptors (Lipinski definition) is 10. The molecule has 0 aromatic carbocycles. The zero-order valence-corrected chi connectivity index (χ0v) is 32.3. The van der Waals surface area contributed by atoms with Crippen molar-refractivity contribution in [2.75, 3.05) is 19.6 Å². The fourth-order valence-electron chi connectivity index (χ4n) is 7.51. The van der Waals surface area contributed by atoms with Crippen molar-refractivity contribution in [3.8, 4) is 0 Å². The van der Waals surface area contributed by atoms with Gasteiger partial charge >= 0.3 is 5.97 Å². The van der Waals surface area contributed by atoms with Crippen molar-refractivity contribution in [3.05, 3.63) is 0 Å². The number of carbonyl (C=O) groups excluding carboxylic acids is 8. The molecule has 19 nitrogen and oxygen atoms in total. The summed E-state index contributed by atoms with van der Waals surface area (Å²) in [6.45, 7) is 8.05. The number of nitrogens with two attached hydrogens (primary N) is 3. The Balaban J connectivity index is 1.79. The van der Waals surface area contributed by atoms with Gasteiger partial charge in [0.25, 0.3) is 0 Å². The summed E-state index contributed by atoms with van der Waals surface area (Å²) in [4.78, 5) is 121. The van der Waals surface area contributed by atoms with Crippen LogP contribution in [0.3, 0.4) is 0 Å². The smallest absolute Gasteiger partial charge is 0.326 e. The number of primary amides is 2. The van der Waals surface area contributed by atoms with Crippen LogP contribution in [0.1, 0.15) is 98.3 Å². The van der Waals surface area contributed by atoms with E-state index in [0.29, 0.717) is 51.4 Å².